The van der Waals surface area contributed by atoms with Crippen molar-refractivity contribution in [2.75, 3.05) is 30.4 Å². The van der Waals surface area contributed by atoms with Crippen LogP contribution < -0.4 is 20.5 Å². The smallest absolute Gasteiger partial charge is 0.267 e. The van der Waals surface area contributed by atoms with E-state index in [1.807, 2.05) is 19.9 Å². The zero-order chi connectivity index (χ0) is 18.5. The van der Waals surface area contributed by atoms with Crippen molar-refractivity contribution in [2.24, 2.45) is 0 Å². The van der Waals surface area contributed by atoms with E-state index in [2.05, 4.69) is 25.3 Å². The molecule has 1 N–H and O–H groups in total. The molecule has 1 atom stereocenters. The second-order valence-corrected chi connectivity index (χ2v) is 6.71. The average molecular weight is 358 g/mol. The van der Waals surface area contributed by atoms with Crippen LogP contribution in [0.5, 0.6) is 5.88 Å². The van der Waals surface area contributed by atoms with Crippen molar-refractivity contribution in [1.29, 1.82) is 0 Å². The molecule has 1 aliphatic heterocycles. The maximum absolute atomic E-state index is 12.0. The number of rotatable bonds is 6. The van der Waals surface area contributed by atoms with Crippen LogP contribution in [0.1, 0.15) is 39.2 Å². The average Bonchev–Trinajstić information content (AvgIpc) is 2.67. The van der Waals surface area contributed by atoms with Gasteiger partial charge in [0.2, 0.25) is 11.8 Å². The first kappa shape index (κ1) is 18.2. The van der Waals surface area contributed by atoms with Gasteiger partial charge < -0.3 is 15.0 Å². The van der Waals surface area contributed by atoms with E-state index in [4.69, 9.17) is 4.74 Å². The standard InChI is InChI=1S/C18H26N6O2/c1-13(2)24-17(25)8-7-15(22-24)23-11-5-4-6-14(23)12-20-18-19-10-9-16(21-18)26-3/h7-10,13-14H,4-6,11-12H2,1-3H3,(H,19,20,21). The number of nitrogens with one attached hydrogen (secondary N) is 1. The zero-order valence-corrected chi connectivity index (χ0v) is 15.6. The summed E-state index contributed by atoms with van der Waals surface area (Å²) in [6, 6.07) is 5.45. The Balaban J connectivity index is 1.75. The van der Waals surface area contributed by atoms with Gasteiger partial charge in [0, 0.05) is 37.5 Å². The number of anilines is 2. The van der Waals surface area contributed by atoms with Crippen molar-refractivity contribution in [2.45, 2.75) is 45.2 Å². The lowest BCUT2D eigenvalue weighted by Gasteiger charge is -2.36. The number of nitrogens with zero attached hydrogens (tertiary/aromatic N) is 5. The highest BCUT2D eigenvalue weighted by Gasteiger charge is 2.24. The summed E-state index contributed by atoms with van der Waals surface area (Å²) < 4.78 is 6.68. The highest BCUT2D eigenvalue weighted by molar-refractivity contribution is 5.40. The molecule has 8 nitrogen and oxygen atoms in total. The Labute approximate surface area is 153 Å². The normalized spacial score (nSPS) is 17.4. The van der Waals surface area contributed by atoms with E-state index in [0.717, 1.165) is 25.2 Å². The number of hydrogen-bond donors (Lipinski definition) is 1. The molecule has 1 saturated heterocycles. The summed E-state index contributed by atoms with van der Waals surface area (Å²) in [5.41, 5.74) is -0.0692. The Bertz CT molecular complexity index is 791. The van der Waals surface area contributed by atoms with E-state index < -0.39 is 0 Å². The van der Waals surface area contributed by atoms with E-state index in [9.17, 15) is 4.79 Å². The molecule has 3 rings (SSSR count). The van der Waals surface area contributed by atoms with Gasteiger partial charge in [0.15, 0.2) is 0 Å². The van der Waals surface area contributed by atoms with Crippen LogP contribution in [0.15, 0.2) is 29.2 Å². The van der Waals surface area contributed by atoms with E-state index >= 15 is 0 Å². The van der Waals surface area contributed by atoms with Gasteiger partial charge in [-0.15, -0.1) is 0 Å². The lowest BCUT2D eigenvalue weighted by Crippen LogP contribution is -2.45. The minimum Gasteiger partial charge on any atom is -0.481 e. The molecular formula is C18H26N6O2. The van der Waals surface area contributed by atoms with Crippen molar-refractivity contribution in [3.05, 3.63) is 34.7 Å². The summed E-state index contributed by atoms with van der Waals surface area (Å²) >= 11 is 0. The van der Waals surface area contributed by atoms with Gasteiger partial charge in [-0.3, -0.25) is 4.79 Å². The summed E-state index contributed by atoms with van der Waals surface area (Å²) in [4.78, 5) is 22.8. The minimum atomic E-state index is -0.0692. The van der Waals surface area contributed by atoms with Crippen LogP contribution in [-0.4, -0.2) is 46.0 Å². The molecule has 8 heteroatoms. The molecule has 0 radical (unpaired) electrons. The number of piperidine rings is 1. The van der Waals surface area contributed by atoms with Gasteiger partial charge in [-0.1, -0.05) is 0 Å². The fraction of sp³-hybridized carbons (Fsp3) is 0.556. The van der Waals surface area contributed by atoms with Gasteiger partial charge in [-0.05, 0) is 39.2 Å². The van der Waals surface area contributed by atoms with E-state index in [1.54, 1.807) is 30.1 Å². The molecular weight excluding hydrogens is 332 g/mol. The lowest BCUT2D eigenvalue weighted by atomic mass is 10.0. The molecule has 0 aliphatic carbocycles. The van der Waals surface area contributed by atoms with Gasteiger partial charge in [0.1, 0.15) is 5.82 Å². The van der Waals surface area contributed by atoms with Crippen LogP contribution in [0, 0.1) is 0 Å². The maximum atomic E-state index is 12.0. The second-order valence-electron chi connectivity index (χ2n) is 6.71. The largest absolute Gasteiger partial charge is 0.481 e. The van der Waals surface area contributed by atoms with Crippen LogP contribution >= 0.6 is 0 Å². The van der Waals surface area contributed by atoms with Crippen LogP contribution in [0.4, 0.5) is 11.8 Å². The van der Waals surface area contributed by atoms with Gasteiger partial charge in [0.05, 0.1) is 13.2 Å². The Morgan fingerprint density at radius 2 is 2.15 bits per heavy atom. The van der Waals surface area contributed by atoms with Gasteiger partial charge in [-0.25, -0.2) is 9.67 Å². The molecule has 1 fully saturated rings. The van der Waals surface area contributed by atoms with Crippen molar-refractivity contribution in [3.63, 3.8) is 0 Å². The lowest BCUT2D eigenvalue weighted by molar-refractivity contribution is 0.397. The number of aromatic nitrogens is 4. The third-order valence-electron chi connectivity index (χ3n) is 4.56. The van der Waals surface area contributed by atoms with Gasteiger partial charge in [-0.2, -0.15) is 10.1 Å². The SMILES string of the molecule is COc1ccnc(NCC2CCCCN2c2ccc(=O)n(C(C)C)n2)n1. The number of methoxy groups -OCH3 is 1. The maximum Gasteiger partial charge on any atom is 0.267 e. The molecule has 26 heavy (non-hydrogen) atoms. The molecule has 2 aromatic heterocycles. The van der Waals surface area contributed by atoms with Crippen LogP contribution in [0.2, 0.25) is 0 Å². The first-order chi connectivity index (χ1) is 12.6. The Kier molecular flexibility index (Phi) is 5.70. The Morgan fingerprint density at radius 1 is 1.31 bits per heavy atom. The number of ether oxygens (including phenoxy) is 1. The second kappa shape index (κ2) is 8.16. The summed E-state index contributed by atoms with van der Waals surface area (Å²) in [6.45, 7) is 5.56. The molecule has 140 valence electrons. The minimum absolute atomic E-state index is 0.0361. The van der Waals surface area contributed by atoms with E-state index in [1.165, 1.54) is 6.42 Å². The molecule has 1 aliphatic rings. The third kappa shape index (κ3) is 4.12. The molecule has 2 aromatic rings. The quantitative estimate of drug-likeness (QED) is 0.846. The van der Waals surface area contributed by atoms with Crippen molar-refractivity contribution >= 4 is 11.8 Å². The predicted octanol–water partition coefficient (Wildman–Crippen LogP) is 2.09. The summed E-state index contributed by atoms with van der Waals surface area (Å²) in [6.07, 6.45) is 5.02. The molecule has 0 spiro atoms. The molecule has 0 saturated carbocycles. The van der Waals surface area contributed by atoms with E-state index in [0.29, 0.717) is 18.4 Å². The summed E-state index contributed by atoms with van der Waals surface area (Å²) in [5.74, 6) is 1.93. The topological polar surface area (TPSA) is 85.2 Å². The summed E-state index contributed by atoms with van der Waals surface area (Å²) in [7, 11) is 1.59. The van der Waals surface area contributed by atoms with Crippen LogP contribution in [0.25, 0.3) is 0 Å². The molecule has 0 bridgehead atoms. The first-order valence-corrected chi connectivity index (χ1v) is 9.06. The highest BCUT2D eigenvalue weighted by atomic mass is 16.5. The van der Waals surface area contributed by atoms with Gasteiger partial charge >= 0.3 is 0 Å². The van der Waals surface area contributed by atoms with Crippen LogP contribution in [0.3, 0.4) is 0 Å². The van der Waals surface area contributed by atoms with Crippen molar-refractivity contribution < 1.29 is 4.74 Å². The van der Waals surface area contributed by atoms with Crippen molar-refractivity contribution in [1.82, 2.24) is 19.7 Å². The molecule has 1 unspecified atom stereocenters. The fourth-order valence-corrected chi connectivity index (χ4v) is 3.20. The Hall–Kier alpha value is -2.64. The fourth-order valence-electron chi connectivity index (χ4n) is 3.20. The summed E-state index contributed by atoms with van der Waals surface area (Å²) in [5, 5.41) is 7.88. The monoisotopic (exact) mass is 358 g/mol. The molecule has 0 aromatic carbocycles. The van der Waals surface area contributed by atoms with E-state index in [-0.39, 0.29) is 17.6 Å². The van der Waals surface area contributed by atoms with Crippen molar-refractivity contribution in [3.8, 4) is 5.88 Å². The predicted molar refractivity (Wildman–Crippen MR) is 101 cm³/mol. The number of hydrogen-bond acceptors (Lipinski definition) is 7. The third-order valence-corrected chi connectivity index (χ3v) is 4.56. The Morgan fingerprint density at radius 3 is 2.92 bits per heavy atom. The van der Waals surface area contributed by atoms with Crippen LogP contribution in [-0.2, 0) is 0 Å². The zero-order valence-electron chi connectivity index (χ0n) is 15.6. The molecule has 3 heterocycles. The first-order valence-electron chi connectivity index (χ1n) is 9.06. The molecule has 0 amide bonds. The highest BCUT2D eigenvalue weighted by Crippen LogP contribution is 2.23. The van der Waals surface area contributed by atoms with Gasteiger partial charge in [0.25, 0.3) is 5.56 Å².